The van der Waals surface area contributed by atoms with Crippen molar-refractivity contribution >= 4 is 12.0 Å². The van der Waals surface area contributed by atoms with Crippen molar-refractivity contribution in [2.24, 2.45) is 5.92 Å². The van der Waals surface area contributed by atoms with Gasteiger partial charge in [0.2, 0.25) is 5.91 Å². The fourth-order valence-corrected chi connectivity index (χ4v) is 3.83. The molecule has 1 aromatic rings. The zero-order chi connectivity index (χ0) is 17.3. The third kappa shape index (κ3) is 3.36. The van der Waals surface area contributed by atoms with Gasteiger partial charge in [-0.2, -0.15) is 0 Å². The molecule has 2 aliphatic rings. The van der Waals surface area contributed by atoms with Gasteiger partial charge < -0.3 is 15.3 Å². The fourth-order valence-electron chi connectivity index (χ4n) is 3.83. The SMILES string of the molecule is Cc1cc(F)ccc1C1C(CN2CCNC(=O)C2)CCN1C(=O)O. The Morgan fingerprint density at radius 1 is 1.42 bits per heavy atom. The van der Waals surface area contributed by atoms with Crippen LogP contribution in [0.3, 0.4) is 0 Å². The van der Waals surface area contributed by atoms with E-state index in [1.165, 1.54) is 17.0 Å². The van der Waals surface area contributed by atoms with Gasteiger partial charge in [-0.15, -0.1) is 0 Å². The van der Waals surface area contributed by atoms with E-state index in [9.17, 15) is 19.1 Å². The van der Waals surface area contributed by atoms with Gasteiger partial charge in [0.05, 0.1) is 12.6 Å². The van der Waals surface area contributed by atoms with E-state index < -0.39 is 6.09 Å². The van der Waals surface area contributed by atoms with Gasteiger partial charge in [0.15, 0.2) is 0 Å². The number of carboxylic acid groups (broad SMARTS) is 1. The van der Waals surface area contributed by atoms with Crippen LogP contribution in [0.25, 0.3) is 0 Å². The van der Waals surface area contributed by atoms with E-state index in [2.05, 4.69) is 10.2 Å². The molecule has 2 unspecified atom stereocenters. The number of likely N-dealkylation sites (tertiary alicyclic amines) is 1. The Kier molecular flexibility index (Phi) is 4.71. The molecule has 0 bridgehead atoms. The molecule has 0 saturated carbocycles. The first-order chi connectivity index (χ1) is 11.5. The number of piperazine rings is 1. The summed E-state index contributed by atoms with van der Waals surface area (Å²) >= 11 is 0. The highest BCUT2D eigenvalue weighted by atomic mass is 19.1. The highest BCUT2D eigenvalue weighted by molar-refractivity contribution is 5.78. The molecule has 0 radical (unpaired) electrons. The number of rotatable bonds is 3. The number of carbonyl (C=O) groups excluding carboxylic acids is 1. The minimum absolute atomic E-state index is 0.00357. The third-order valence-corrected chi connectivity index (χ3v) is 4.93. The summed E-state index contributed by atoms with van der Waals surface area (Å²) in [6, 6.07) is 4.21. The monoisotopic (exact) mass is 335 g/mol. The fraction of sp³-hybridized carbons (Fsp3) is 0.529. The van der Waals surface area contributed by atoms with Crippen molar-refractivity contribution in [1.82, 2.24) is 15.1 Å². The summed E-state index contributed by atoms with van der Waals surface area (Å²) in [6.45, 7) is 4.67. The molecule has 2 aliphatic heterocycles. The van der Waals surface area contributed by atoms with Crippen molar-refractivity contribution in [2.75, 3.05) is 32.7 Å². The lowest BCUT2D eigenvalue weighted by molar-refractivity contribution is -0.124. The van der Waals surface area contributed by atoms with Crippen molar-refractivity contribution in [3.8, 4) is 0 Å². The predicted molar refractivity (Wildman–Crippen MR) is 86.2 cm³/mol. The Bertz CT molecular complexity index is 652. The van der Waals surface area contributed by atoms with Crippen LogP contribution < -0.4 is 5.32 Å². The van der Waals surface area contributed by atoms with Crippen molar-refractivity contribution in [1.29, 1.82) is 0 Å². The van der Waals surface area contributed by atoms with Crippen LogP contribution in [0.5, 0.6) is 0 Å². The molecule has 1 aromatic carbocycles. The van der Waals surface area contributed by atoms with Gasteiger partial charge in [0.1, 0.15) is 5.82 Å². The van der Waals surface area contributed by atoms with E-state index in [1.807, 2.05) is 6.92 Å². The number of hydrogen-bond acceptors (Lipinski definition) is 3. The molecule has 2 saturated heterocycles. The number of aryl methyl sites for hydroxylation is 1. The smallest absolute Gasteiger partial charge is 0.407 e. The molecule has 2 N–H and O–H groups in total. The second kappa shape index (κ2) is 6.76. The van der Waals surface area contributed by atoms with Gasteiger partial charge in [0.25, 0.3) is 0 Å². The molecule has 2 atom stereocenters. The summed E-state index contributed by atoms with van der Waals surface area (Å²) in [5, 5.41) is 12.3. The summed E-state index contributed by atoms with van der Waals surface area (Å²) in [6.07, 6.45) is -0.214. The Morgan fingerprint density at radius 2 is 2.21 bits per heavy atom. The van der Waals surface area contributed by atoms with E-state index in [1.54, 1.807) is 6.07 Å². The van der Waals surface area contributed by atoms with Gasteiger partial charge in [-0.3, -0.25) is 9.69 Å². The van der Waals surface area contributed by atoms with Crippen LogP contribution in [0.2, 0.25) is 0 Å². The first kappa shape index (κ1) is 16.7. The highest BCUT2D eigenvalue weighted by Crippen LogP contribution is 2.39. The average Bonchev–Trinajstić information content (AvgIpc) is 2.91. The van der Waals surface area contributed by atoms with E-state index >= 15 is 0 Å². The Balaban J connectivity index is 1.84. The minimum atomic E-state index is -0.956. The molecule has 0 aliphatic carbocycles. The van der Waals surface area contributed by atoms with Crippen LogP contribution in [0.15, 0.2) is 18.2 Å². The van der Waals surface area contributed by atoms with Gasteiger partial charge >= 0.3 is 6.09 Å². The maximum absolute atomic E-state index is 13.4. The quantitative estimate of drug-likeness (QED) is 0.880. The van der Waals surface area contributed by atoms with Crippen LogP contribution in [-0.4, -0.2) is 59.6 Å². The topological polar surface area (TPSA) is 72.9 Å². The van der Waals surface area contributed by atoms with E-state index in [0.29, 0.717) is 26.2 Å². The van der Waals surface area contributed by atoms with Gasteiger partial charge in [-0.25, -0.2) is 9.18 Å². The molecule has 24 heavy (non-hydrogen) atoms. The number of nitrogens with zero attached hydrogens (tertiary/aromatic N) is 2. The zero-order valence-corrected chi connectivity index (χ0v) is 13.7. The molecule has 7 heteroatoms. The van der Waals surface area contributed by atoms with E-state index in [0.717, 1.165) is 24.1 Å². The van der Waals surface area contributed by atoms with E-state index in [4.69, 9.17) is 0 Å². The van der Waals surface area contributed by atoms with Crippen LogP contribution in [0.4, 0.5) is 9.18 Å². The normalized spacial score (nSPS) is 24.9. The van der Waals surface area contributed by atoms with Crippen molar-refractivity contribution in [3.05, 3.63) is 35.1 Å². The number of benzene rings is 1. The number of nitrogens with one attached hydrogen (secondary N) is 1. The molecule has 2 amide bonds. The van der Waals surface area contributed by atoms with E-state index in [-0.39, 0.29) is 23.7 Å². The number of amides is 2. The summed E-state index contributed by atoms with van der Waals surface area (Å²) in [5.41, 5.74) is 1.61. The maximum Gasteiger partial charge on any atom is 0.407 e. The lowest BCUT2D eigenvalue weighted by Gasteiger charge is -2.33. The van der Waals surface area contributed by atoms with Crippen molar-refractivity contribution < 1.29 is 19.1 Å². The summed E-state index contributed by atoms with van der Waals surface area (Å²) in [7, 11) is 0. The second-order valence-electron chi connectivity index (χ2n) is 6.56. The first-order valence-corrected chi connectivity index (χ1v) is 8.20. The molecule has 3 rings (SSSR count). The van der Waals surface area contributed by atoms with Crippen LogP contribution in [-0.2, 0) is 4.79 Å². The Hall–Kier alpha value is -2.15. The highest BCUT2D eigenvalue weighted by Gasteiger charge is 2.40. The Morgan fingerprint density at radius 3 is 2.88 bits per heavy atom. The second-order valence-corrected chi connectivity index (χ2v) is 6.56. The summed E-state index contributed by atoms with van der Waals surface area (Å²) < 4.78 is 13.4. The molecule has 6 nitrogen and oxygen atoms in total. The standard InChI is InChI=1S/C17H22FN3O3/c1-11-8-13(18)2-3-14(11)16-12(4-6-21(16)17(23)24)9-20-7-5-19-15(22)10-20/h2-3,8,12,16H,4-7,9-10H2,1H3,(H,19,22)(H,23,24). The lowest BCUT2D eigenvalue weighted by Crippen LogP contribution is -2.49. The molecule has 130 valence electrons. The third-order valence-electron chi connectivity index (χ3n) is 4.93. The Labute approximate surface area is 140 Å². The molecular weight excluding hydrogens is 313 g/mol. The van der Waals surface area contributed by atoms with Gasteiger partial charge in [-0.1, -0.05) is 6.07 Å². The summed E-state index contributed by atoms with van der Waals surface area (Å²) in [5.74, 6) is -0.222. The largest absolute Gasteiger partial charge is 0.465 e. The molecule has 2 heterocycles. The molecule has 2 fully saturated rings. The first-order valence-electron chi connectivity index (χ1n) is 8.20. The predicted octanol–water partition coefficient (Wildman–Crippen LogP) is 1.61. The number of carbonyl (C=O) groups is 2. The average molecular weight is 335 g/mol. The van der Waals surface area contributed by atoms with Crippen molar-refractivity contribution in [3.63, 3.8) is 0 Å². The van der Waals surface area contributed by atoms with Gasteiger partial charge in [-0.05, 0) is 42.5 Å². The molecular formula is C17H22FN3O3. The van der Waals surface area contributed by atoms with Crippen LogP contribution in [0, 0.1) is 18.7 Å². The minimum Gasteiger partial charge on any atom is -0.465 e. The van der Waals surface area contributed by atoms with Crippen LogP contribution >= 0.6 is 0 Å². The number of halogens is 1. The zero-order valence-electron chi connectivity index (χ0n) is 13.7. The molecule has 0 spiro atoms. The maximum atomic E-state index is 13.4. The summed E-state index contributed by atoms with van der Waals surface area (Å²) in [4.78, 5) is 26.7. The molecule has 0 aromatic heterocycles. The van der Waals surface area contributed by atoms with Crippen molar-refractivity contribution in [2.45, 2.75) is 19.4 Å². The lowest BCUT2D eigenvalue weighted by atomic mass is 9.90. The van der Waals surface area contributed by atoms with Crippen LogP contribution in [0.1, 0.15) is 23.6 Å². The van der Waals surface area contributed by atoms with Gasteiger partial charge in [0, 0.05) is 26.2 Å². The number of hydrogen-bond donors (Lipinski definition) is 2.